The highest BCUT2D eigenvalue weighted by Gasteiger charge is 2.20. The van der Waals surface area contributed by atoms with E-state index in [0.717, 1.165) is 0 Å². The van der Waals surface area contributed by atoms with Gasteiger partial charge in [-0.15, -0.1) is 0 Å². The summed E-state index contributed by atoms with van der Waals surface area (Å²) >= 11 is 0. The van der Waals surface area contributed by atoms with E-state index in [1.165, 1.54) is 12.1 Å². The third-order valence-electron chi connectivity index (χ3n) is 3.85. The Kier molecular flexibility index (Phi) is 8.87. The Bertz CT molecular complexity index is 666. The minimum atomic E-state index is -1.59. The molecule has 0 spiro atoms. The van der Waals surface area contributed by atoms with Gasteiger partial charge in [0.2, 0.25) is 0 Å². The lowest BCUT2D eigenvalue weighted by Gasteiger charge is -2.18. The molecule has 1 aromatic carbocycles. The molecule has 156 valence electrons. The van der Waals surface area contributed by atoms with Crippen LogP contribution in [0.25, 0.3) is 0 Å². The molecule has 1 atom stereocenters. The van der Waals surface area contributed by atoms with Crippen molar-refractivity contribution in [2.75, 3.05) is 6.54 Å². The van der Waals surface area contributed by atoms with Gasteiger partial charge in [0.1, 0.15) is 0 Å². The smallest absolute Gasteiger partial charge is 0.431 e. The molecule has 0 aliphatic carbocycles. The normalized spacial score (nSPS) is 12.4. The van der Waals surface area contributed by atoms with Crippen molar-refractivity contribution >= 4 is 18.0 Å². The Hall–Kier alpha value is -2.65. The average Bonchev–Trinajstić information content (AvgIpc) is 2.61. The van der Waals surface area contributed by atoms with Gasteiger partial charge in [-0.05, 0) is 23.8 Å². The van der Waals surface area contributed by atoms with Gasteiger partial charge in [0.05, 0.1) is 5.92 Å². The molecule has 0 bridgehead atoms. The first-order valence-electron chi connectivity index (χ1n) is 8.89. The van der Waals surface area contributed by atoms with Gasteiger partial charge in [-0.1, -0.05) is 45.0 Å². The average molecular weight is 396 g/mol. The number of hydrogen-bond donors (Lipinski definition) is 5. The van der Waals surface area contributed by atoms with Crippen molar-refractivity contribution in [2.24, 2.45) is 11.3 Å². The van der Waals surface area contributed by atoms with Crippen molar-refractivity contribution in [3.05, 3.63) is 35.4 Å². The molecule has 0 heterocycles. The summed E-state index contributed by atoms with van der Waals surface area (Å²) in [6.07, 6.45) is -2.27. The number of benzene rings is 1. The number of hydroxylamine groups is 1. The standard InChI is InChI=1S/C19H28N2O7/c1-19(2,3)11-20-18(27)28-21-15(22)9-8-14(17(25)26)10-12-4-6-13(7-5-12)16(23)24/h4-7,14,16,23-24H,8-11H2,1-3H3,(H,20,27)(H,21,22)(H,25,26). The molecule has 9 heteroatoms. The number of nitrogens with one attached hydrogen (secondary N) is 2. The molecule has 0 radical (unpaired) electrons. The fraction of sp³-hybridized carbons (Fsp3) is 0.526. The summed E-state index contributed by atoms with van der Waals surface area (Å²) in [6.45, 7) is 6.15. The van der Waals surface area contributed by atoms with Crippen molar-refractivity contribution in [1.82, 2.24) is 10.8 Å². The van der Waals surface area contributed by atoms with Crippen molar-refractivity contribution in [2.45, 2.75) is 46.3 Å². The fourth-order valence-electron chi connectivity index (χ4n) is 2.26. The maximum absolute atomic E-state index is 11.8. The summed E-state index contributed by atoms with van der Waals surface area (Å²) < 4.78 is 0. The predicted molar refractivity (Wildman–Crippen MR) is 99.8 cm³/mol. The minimum Gasteiger partial charge on any atom is -0.481 e. The number of hydrogen-bond acceptors (Lipinski definition) is 6. The van der Waals surface area contributed by atoms with Crippen LogP contribution in [0.5, 0.6) is 0 Å². The Labute approximate surface area is 163 Å². The molecule has 1 aromatic rings. The largest absolute Gasteiger partial charge is 0.481 e. The first-order chi connectivity index (χ1) is 13.0. The number of carbonyl (C=O) groups is 3. The van der Waals surface area contributed by atoms with E-state index in [2.05, 4.69) is 10.2 Å². The van der Waals surface area contributed by atoms with Gasteiger partial charge >= 0.3 is 12.1 Å². The van der Waals surface area contributed by atoms with Crippen LogP contribution in [0.15, 0.2) is 24.3 Å². The zero-order chi connectivity index (χ0) is 21.3. The van der Waals surface area contributed by atoms with E-state index in [4.69, 9.17) is 10.2 Å². The maximum Gasteiger partial charge on any atom is 0.431 e. The van der Waals surface area contributed by atoms with Gasteiger partial charge in [-0.25, -0.2) is 4.79 Å². The second kappa shape index (κ2) is 10.6. The van der Waals surface area contributed by atoms with Crippen LogP contribution < -0.4 is 10.8 Å². The zero-order valence-corrected chi connectivity index (χ0v) is 16.3. The van der Waals surface area contributed by atoms with Crippen LogP contribution in [-0.4, -0.2) is 39.8 Å². The second-order valence-corrected chi connectivity index (χ2v) is 7.72. The van der Waals surface area contributed by atoms with Gasteiger partial charge in [0.15, 0.2) is 6.29 Å². The Morgan fingerprint density at radius 2 is 1.71 bits per heavy atom. The molecule has 1 rings (SSSR count). The molecule has 1 unspecified atom stereocenters. The SMILES string of the molecule is CC(C)(C)CNC(=O)ONC(=O)CCC(Cc1ccc(C(O)O)cc1)C(=O)O. The Balaban J connectivity index is 2.44. The molecule has 5 N–H and O–H groups in total. The number of aliphatic carboxylic acids is 1. The van der Waals surface area contributed by atoms with Crippen molar-refractivity contribution in [3.63, 3.8) is 0 Å². The highest BCUT2D eigenvalue weighted by Crippen LogP contribution is 2.17. The van der Waals surface area contributed by atoms with Crippen LogP contribution in [0.1, 0.15) is 51.0 Å². The first-order valence-corrected chi connectivity index (χ1v) is 8.89. The van der Waals surface area contributed by atoms with Crippen molar-refractivity contribution < 1.29 is 34.5 Å². The Morgan fingerprint density at radius 1 is 1.11 bits per heavy atom. The molecule has 2 amide bonds. The van der Waals surface area contributed by atoms with Gasteiger partial charge in [-0.2, -0.15) is 5.48 Å². The van der Waals surface area contributed by atoms with Gasteiger partial charge in [-0.3, -0.25) is 9.59 Å². The van der Waals surface area contributed by atoms with E-state index < -0.39 is 30.2 Å². The molecule has 0 aliphatic rings. The molecule has 9 nitrogen and oxygen atoms in total. The number of amides is 2. The van der Waals surface area contributed by atoms with E-state index >= 15 is 0 Å². The summed E-state index contributed by atoms with van der Waals surface area (Å²) in [5.74, 6) is -2.47. The van der Waals surface area contributed by atoms with Gasteiger partial charge in [0, 0.05) is 18.5 Å². The first kappa shape index (κ1) is 23.4. The molecule has 0 aromatic heterocycles. The monoisotopic (exact) mass is 396 g/mol. The van der Waals surface area contributed by atoms with Crippen LogP contribution in [0, 0.1) is 11.3 Å². The molecule has 28 heavy (non-hydrogen) atoms. The molecule has 0 aliphatic heterocycles. The zero-order valence-electron chi connectivity index (χ0n) is 16.3. The Morgan fingerprint density at radius 3 is 2.21 bits per heavy atom. The molecular formula is C19H28N2O7. The summed E-state index contributed by atoms with van der Waals surface area (Å²) in [5, 5.41) is 30.0. The number of carbonyl (C=O) groups excluding carboxylic acids is 2. The summed E-state index contributed by atoms with van der Waals surface area (Å²) in [6, 6.07) is 6.20. The molecule has 0 saturated heterocycles. The van der Waals surface area contributed by atoms with Crippen LogP contribution in [0.3, 0.4) is 0 Å². The lowest BCUT2D eigenvalue weighted by Crippen LogP contribution is -2.37. The van der Waals surface area contributed by atoms with E-state index in [1.807, 2.05) is 26.3 Å². The second-order valence-electron chi connectivity index (χ2n) is 7.72. The fourth-order valence-corrected chi connectivity index (χ4v) is 2.26. The third kappa shape index (κ3) is 9.33. The number of carboxylic acids is 1. The van der Waals surface area contributed by atoms with E-state index in [0.29, 0.717) is 17.7 Å². The van der Waals surface area contributed by atoms with Crippen LogP contribution >= 0.6 is 0 Å². The van der Waals surface area contributed by atoms with E-state index in [-0.39, 0.29) is 24.7 Å². The number of carboxylic acid groups (broad SMARTS) is 1. The van der Waals surface area contributed by atoms with Crippen LogP contribution in [0.2, 0.25) is 0 Å². The quantitative estimate of drug-likeness (QED) is 0.331. The maximum atomic E-state index is 11.8. The van der Waals surface area contributed by atoms with Crippen LogP contribution in [0.4, 0.5) is 4.79 Å². The predicted octanol–water partition coefficient (Wildman–Crippen LogP) is 1.50. The number of rotatable bonds is 8. The van der Waals surface area contributed by atoms with Gasteiger partial charge < -0.3 is 25.5 Å². The van der Waals surface area contributed by atoms with E-state index in [9.17, 15) is 19.5 Å². The van der Waals surface area contributed by atoms with E-state index in [1.54, 1.807) is 12.1 Å². The van der Waals surface area contributed by atoms with Gasteiger partial charge in [0.25, 0.3) is 5.91 Å². The molecule has 0 fully saturated rings. The number of aliphatic hydroxyl groups excluding tert-OH is 1. The highest BCUT2D eigenvalue weighted by molar-refractivity contribution is 5.78. The van der Waals surface area contributed by atoms with Crippen molar-refractivity contribution in [3.8, 4) is 0 Å². The lowest BCUT2D eigenvalue weighted by atomic mass is 9.94. The topological polar surface area (TPSA) is 145 Å². The summed E-state index contributed by atoms with van der Waals surface area (Å²) in [4.78, 5) is 39.3. The molecule has 0 saturated carbocycles. The summed E-state index contributed by atoms with van der Waals surface area (Å²) in [7, 11) is 0. The minimum absolute atomic E-state index is 0.0541. The summed E-state index contributed by atoms with van der Waals surface area (Å²) in [5.41, 5.74) is 2.86. The third-order valence-corrected chi connectivity index (χ3v) is 3.85. The van der Waals surface area contributed by atoms with Crippen molar-refractivity contribution in [1.29, 1.82) is 0 Å². The highest BCUT2D eigenvalue weighted by atomic mass is 16.7. The van der Waals surface area contributed by atoms with Crippen LogP contribution in [-0.2, 0) is 20.8 Å². The molecular weight excluding hydrogens is 368 g/mol. The number of aliphatic hydroxyl groups is 2. The lowest BCUT2D eigenvalue weighted by molar-refractivity contribution is -0.142.